The van der Waals surface area contributed by atoms with Crippen LogP contribution in [0.15, 0.2) is 0 Å². The minimum atomic E-state index is -4.20. The molecule has 1 N–H and O–H groups in total. The van der Waals surface area contributed by atoms with E-state index in [4.69, 9.17) is 4.74 Å². The van der Waals surface area contributed by atoms with Gasteiger partial charge in [0.05, 0.1) is 12.5 Å². The Labute approximate surface area is 115 Å². The highest BCUT2D eigenvalue weighted by Gasteiger charge is 2.46. The number of alkyl halides is 3. The molecule has 0 saturated carbocycles. The van der Waals surface area contributed by atoms with Gasteiger partial charge in [-0.2, -0.15) is 13.2 Å². The van der Waals surface area contributed by atoms with Crippen LogP contribution in [0.25, 0.3) is 0 Å². The molecule has 0 aliphatic carbocycles. The number of carboxylic acids is 1. The lowest BCUT2D eigenvalue weighted by Crippen LogP contribution is -2.52. The largest absolute Gasteiger partial charge is 0.481 e. The van der Waals surface area contributed by atoms with Crippen LogP contribution < -0.4 is 0 Å². The second-order valence-corrected chi connectivity index (χ2v) is 5.86. The van der Waals surface area contributed by atoms with Crippen LogP contribution in [0.3, 0.4) is 0 Å². The van der Waals surface area contributed by atoms with Gasteiger partial charge in [-0.15, -0.1) is 0 Å². The number of hydrogen-bond acceptors (Lipinski definition) is 3. The van der Waals surface area contributed by atoms with Crippen LogP contribution in [0.4, 0.5) is 13.2 Å². The number of halogens is 3. The number of rotatable bonds is 3. The SMILES string of the molecule is O=C(O)C1(CN2CCCC(C(F)(F)F)C2)CCCOC1. The van der Waals surface area contributed by atoms with Gasteiger partial charge in [-0.1, -0.05) is 0 Å². The molecule has 0 radical (unpaired) electrons. The number of nitrogens with zero attached hydrogens (tertiary/aromatic N) is 1. The van der Waals surface area contributed by atoms with Crippen LogP contribution in [0.2, 0.25) is 0 Å². The van der Waals surface area contributed by atoms with Gasteiger partial charge < -0.3 is 14.7 Å². The van der Waals surface area contributed by atoms with E-state index in [1.807, 2.05) is 0 Å². The summed E-state index contributed by atoms with van der Waals surface area (Å²) in [6, 6.07) is 0. The summed E-state index contributed by atoms with van der Waals surface area (Å²) in [5.74, 6) is -2.31. The van der Waals surface area contributed by atoms with Crippen molar-refractivity contribution in [2.45, 2.75) is 31.9 Å². The Morgan fingerprint density at radius 1 is 1.40 bits per heavy atom. The quantitative estimate of drug-likeness (QED) is 0.866. The zero-order valence-corrected chi connectivity index (χ0v) is 11.3. The summed E-state index contributed by atoms with van der Waals surface area (Å²) < 4.78 is 43.6. The van der Waals surface area contributed by atoms with Crippen molar-refractivity contribution in [3.8, 4) is 0 Å². The van der Waals surface area contributed by atoms with E-state index in [1.54, 1.807) is 4.90 Å². The molecule has 4 nitrogen and oxygen atoms in total. The van der Waals surface area contributed by atoms with Gasteiger partial charge in [0.1, 0.15) is 5.41 Å². The van der Waals surface area contributed by atoms with Crippen LogP contribution in [0, 0.1) is 11.3 Å². The predicted octanol–water partition coefficient (Wildman–Crippen LogP) is 2.14. The minimum Gasteiger partial charge on any atom is -0.481 e. The second-order valence-electron chi connectivity index (χ2n) is 5.86. The highest BCUT2D eigenvalue weighted by molar-refractivity contribution is 5.75. The number of ether oxygens (including phenoxy) is 1. The van der Waals surface area contributed by atoms with E-state index < -0.39 is 23.5 Å². The van der Waals surface area contributed by atoms with Gasteiger partial charge in [0.2, 0.25) is 0 Å². The fourth-order valence-corrected chi connectivity index (χ4v) is 3.11. The van der Waals surface area contributed by atoms with Crippen LogP contribution >= 0.6 is 0 Å². The van der Waals surface area contributed by atoms with E-state index in [0.717, 1.165) is 0 Å². The van der Waals surface area contributed by atoms with Crippen molar-refractivity contribution < 1.29 is 27.8 Å². The van der Waals surface area contributed by atoms with Crippen molar-refractivity contribution in [1.82, 2.24) is 4.90 Å². The zero-order chi connectivity index (χ0) is 14.8. The molecular weight excluding hydrogens is 275 g/mol. The fraction of sp³-hybridized carbons (Fsp3) is 0.923. The zero-order valence-electron chi connectivity index (χ0n) is 11.3. The average molecular weight is 295 g/mol. The van der Waals surface area contributed by atoms with Gasteiger partial charge in [0, 0.05) is 19.7 Å². The molecule has 0 bridgehead atoms. The Bertz CT molecular complexity index is 353. The average Bonchev–Trinajstić information content (AvgIpc) is 2.39. The standard InChI is InChI=1S/C13H20F3NO3/c14-13(15,16)10-3-1-5-17(7-10)8-12(11(18)19)4-2-6-20-9-12/h10H,1-9H2,(H,18,19). The van der Waals surface area contributed by atoms with Crippen LogP contribution in [0.5, 0.6) is 0 Å². The third kappa shape index (κ3) is 3.44. The molecule has 0 spiro atoms. The maximum Gasteiger partial charge on any atom is 0.393 e. The summed E-state index contributed by atoms with van der Waals surface area (Å²) in [6.45, 7) is 1.20. The molecular formula is C13H20F3NO3. The molecule has 0 aromatic heterocycles. The summed E-state index contributed by atoms with van der Waals surface area (Å²) >= 11 is 0. The molecule has 7 heteroatoms. The molecule has 20 heavy (non-hydrogen) atoms. The van der Waals surface area contributed by atoms with Crippen LogP contribution in [0.1, 0.15) is 25.7 Å². The van der Waals surface area contributed by atoms with Crippen molar-refractivity contribution in [2.75, 3.05) is 32.8 Å². The number of aliphatic carboxylic acids is 1. The second kappa shape index (κ2) is 5.89. The molecule has 2 fully saturated rings. The molecule has 2 saturated heterocycles. The van der Waals surface area contributed by atoms with Crippen molar-refractivity contribution in [1.29, 1.82) is 0 Å². The number of hydrogen-bond donors (Lipinski definition) is 1. The van der Waals surface area contributed by atoms with Gasteiger partial charge in [-0.25, -0.2) is 0 Å². The van der Waals surface area contributed by atoms with Crippen molar-refractivity contribution in [3.63, 3.8) is 0 Å². The van der Waals surface area contributed by atoms with Crippen LogP contribution in [-0.2, 0) is 9.53 Å². The number of carboxylic acid groups (broad SMARTS) is 1. The van der Waals surface area contributed by atoms with E-state index in [-0.39, 0.29) is 26.1 Å². The number of likely N-dealkylation sites (tertiary alicyclic amines) is 1. The lowest BCUT2D eigenvalue weighted by Gasteiger charge is -2.41. The number of piperidine rings is 1. The first-order valence-electron chi connectivity index (χ1n) is 6.94. The number of carbonyl (C=O) groups is 1. The summed E-state index contributed by atoms with van der Waals surface area (Å²) in [6.07, 6.45) is -2.49. The van der Waals surface area contributed by atoms with E-state index in [1.165, 1.54) is 0 Å². The highest BCUT2D eigenvalue weighted by Crippen LogP contribution is 2.36. The van der Waals surface area contributed by atoms with Gasteiger partial charge in [0.15, 0.2) is 0 Å². The lowest BCUT2D eigenvalue weighted by atomic mass is 9.81. The van der Waals surface area contributed by atoms with Gasteiger partial charge >= 0.3 is 12.1 Å². The molecule has 2 rings (SSSR count). The summed E-state index contributed by atoms with van der Waals surface area (Å²) in [7, 11) is 0. The van der Waals surface area contributed by atoms with E-state index in [9.17, 15) is 23.1 Å². The Morgan fingerprint density at radius 3 is 2.70 bits per heavy atom. The van der Waals surface area contributed by atoms with Gasteiger partial charge in [-0.3, -0.25) is 4.79 Å². The third-order valence-electron chi connectivity index (χ3n) is 4.27. The Kier molecular flexibility index (Phi) is 4.59. The predicted molar refractivity (Wildman–Crippen MR) is 65.3 cm³/mol. The van der Waals surface area contributed by atoms with E-state index in [2.05, 4.69) is 0 Å². The minimum absolute atomic E-state index is 0.0928. The Balaban J connectivity index is 2.01. The monoisotopic (exact) mass is 295 g/mol. The Hall–Kier alpha value is -0.820. The molecule has 0 aromatic carbocycles. The molecule has 2 unspecified atom stereocenters. The smallest absolute Gasteiger partial charge is 0.393 e. The molecule has 0 amide bonds. The molecule has 2 heterocycles. The normalized spacial score (nSPS) is 33.0. The summed E-state index contributed by atoms with van der Waals surface area (Å²) in [5, 5.41) is 9.42. The first-order chi connectivity index (χ1) is 9.33. The molecule has 2 atom stereocenters. The maximum atomic E-state index is 12.8. The van der Waals surface area contributed by atoms with Crippen LogP contribution in [-0.4, -0.2) is 55.0 Å². The van der Waals surface area contributed by atoms with Crippen molar-refractivity contribution >= 4 is 5.97 Å². The third-order valence-corrected chi connectivity index (χ3v) is 4.27. The van der Waals surface area contributed by atoms with Gasteiger partial charge in [-0.05, 0) is 32.2 Å². The van der Waals surface area contributed by atoms with E-state index in [0.29, 0.717) is 32.4 Å². The Morgan fingerprint density at radius 2 is 2.15 bits per heavy atom. The van der Waals surface area contributed by atoms with E-state index >= 15 is 0 Å². The molecule has 2 aliphatic heterocycles. The topological polar surface area (TPSA) is 49.8 Å². The molecule has 2 aliphatic rings. The first-order valence-corrected chi connectivity index (χ1v) is 6.94. The lowest BCUT2D eigenvalue weighted by molar-refractivity contribution is -0.189. The van der Waals surface area contributed by atoms with Crippen molar-refractivity contribution in [3.05, 3.63) is 0 Å². The maximum absolute atomic E-state index is 12.8. The fourth-order valence-electron chi connectivity index (χ4n) is 3.11. The summed E-state index contributed by atoms with van der Waals surface area (Å²) in [5.41, 5.74) is -1.05. The molecule has 116 valence electrons. The first kappa shape index (κ1) is 15.6. The van der Waals surface area contributed by atoms with Gasteiger partial charge in [0.25, 0.3) is 0 Å². The summed E-state index contributed by atoms with van der Waals surface area (Å²) in [4.78, 5) is 13.1. The van der Waals surface area contributed by atoms with Crippen molar-refractivity contribution in [2.24, 2.45) is 11.3 Å². The molecule has 0 aromatic rings. The highest BCUT2D eigenvalue weighted by atomic mass is 19.4.